The molecule has 1 amide bonds. The first kappa shape index (κ1) is 18.7. The van der Waals surface area contributed by atoms with Crippen LogP contribution in [-0.4, -0.2) is 38.4 Å². The number of halogens is 1. The summed E-state index contributed by atoms with van der Waals surface area (Å²) in [6, 6.07) is 3.05. The molecular formula is C19H19ClN6O. The molecule has 0 aromatic carbocycles. The van der Waals surface area contributed by atoms with E-state index in [1.54, 1.807) is 24.7 Å². The lowest BCUT2D eigenvalue weighted by Gasteiger charge is -2.21. The molecule has 0 fully saturated rings. The number of hydrogen-bond acceptors (Lipinski definition) is 5. The highest BCUT2D eigenvalue weighted by molar-refractivity contribution is 6.31. The first-order chi connectivity index (χ1) is 13.0. The summed E-state index contributed by atoms with van der Waals surface area (Å²) in [5.41, 5.74) is 1.48. The number of carbonyl (C=O) groups excluding carboxylic acids is 1. The summed E-state index contributed by atoms with van der Waals surface area (Å²) in [4.78, 5) is 28.5. The van der Waals surface area contributed by atoms with Gasteiger partial charge in [0, 0.05) is 29.5 Å². The minimum Gasteiger partial charge on any atom is -0.358 e. The van der Waals surface area contributed by atoms with E-state index >= 15 is 0 Å². The number of fused-ring (bicyclic) bond motifs is 1. The van der Waals surface area contributed by atoms with E-state index in [1.165, 1.54) is 0 Å². The van der Waals surface area contributed by atoms with Crippen LogP contribution in [0, 0.1) is 18.3 Å². The molecule has 0 bridgehead atoms. The molecule has 27 heavy (non-hydrogen) atoms. The van der Waals surface area contributed by atoms with E-state index in [1.807, 2.05) is 19.9 Å². The molecule has 0 spiro atoms. The van der Waals surface area contributed by atoms with Gasteiger partial charge in [-0.1, -0.05) is 31.4 Å². The Hall–Kier alpha value is -3.11. The average molecular weight is 383 g/mol. The number of pyridine rings is 1. The number of nitrogens with zero attached hydrogens (tertiary/aromatic N) is 3. The Bertz CT molecular complexity index is 1010. The van der Waals surface area contributed by atoms with Crippen molar-refractivity contribution in [2.45, 2.75) is 19.9 Å². The second kappa shape index (κ2) is 8.06. The van der Waals surface area contributed by atoms with E-state index < -0.39 is 6.04 Å². The molecule has 138 valence electrons. The molecule has 0 aliphatic carbocycles. The van der Waals surface area contributed by atoms with Gasteiger partial charge in [-0.2, -0.15) is 0 Å². The number of anilines is 1. The molecule has 3 rings (SSSR count). The Morgan fingerprint density at radius 3 is 2.96 bits per heavy atom. The normalized spacial score (nSPS) is 12.0. The van der Waals surface area contributed by atoms with Crippen LogP contribution >= 0.6 is 11.6 Å². The fourth-order valence-corrected chi connectivity index (χ4v) is 2.83. The monoisotopic (exact) mass is 382 g/mol. The summed E-state index contributed by atoms with van der Waals surface area (Å²) >= 11 is 6.06. The summed E-state index contributed by atoms with van der Waals surface area (Å²) in [6.45, 7) is 4.08. The first-order valence-corrected chi connectivity index (χ1v) is 8.81. The number of hydrogen-bond donors (Lipinski definition) is 3. The molecule has 3 aromatic rings. The fraction of sp³-hybridized carbons (Fsp3) is 0.263. The van der Waals surface area contributed by atoms with Crippen molar-refractivity contribution in [3.05, 3.63) is 35.7 Å². The van der Waals surface area contributed by atoms with Crippen LogP contribution in [0.15, 0.2) is 30.7 Å². The quantitative estimate of drug-likeness (QED) is 0.570. The molecule has 3 aromatic heterocycles. The fourth-order valence-electron chi connectivity index (χ4n) is 2.67. The smallest absolute Gasteiger partial charge is 0.243 e. The van der Waals surface area contributed by atoms with E-state index in [4.69, 9.17) is 18.0 Å². The van der Waals surface area contributed by atoms with Crippen LogP contribution in [0.5, 0.6) is 0 Å². The number of rotatable bonds is 6. The number of aromatic amines is 1. The molecule has 8 heteroatoms. The van der Waals surface area contributed by atoms with Crippen molar-refractivity contribution < 1.29 is 4.79 Å². The third-order valence-corrected chi connectivity index (χ3v) is 4.22. The Labute approximate surface area is 162 Å². The van der Waals surface area contributed by atoms with Crippen molar-refractivity contribution in [3.63, 3.8) is 0 Å². The van der Waals surface area contributed by atoms with Gasteiger partial charge in [0.05, 0.1) is 11.6 Å². The second-order valence-corrected chi connectivity index (χ2v) is 6.74. The summed E-state index contributed by atoms with van der Waals surface area (Å²) < 4.78 is 0. The van der Waals surface area contributed by atoms with Gasteiger partial charge in [-0.3, -0.25) is 4.79 Å². The van der Waals surface area contributed by atoms with Crippen LogP contribution in [0.25, 0.3) is 22.4 Å². The Kier molecular flexibility index (Phi) is 5.57. The van der Waals surface area contributed by atoms with Gasteiger partial charge in [-0.25, -0.2) is 15.0 Å². The van der Waals surface area contributed by atoms with Gasteiger partial charge in [0.1, 0.15) is 17.5 Å². The van der Waals surface area contributed by atoms with E-state index in [0.717, 1.165) is 10.9 Å². The lowest BCUT2D eigenvalue weighted by molar-refractivity contribution is -0.122. The van der Waals surface area contributed by atoms with E-state index in [0.29, 0.717) is 22.3 Å². The van der Waals surface area contributed by atoms with Crippen molar-refractivity contribution >= 4 is 34.4 Å². The summed E-state index contributed by atoms with van der Waals surface area (Å²) in [7, 11) is 0. The van der Waals surface area contributed by atoms with Crippen molar-refractivity contribution in [1.82, 2.24) is 25.3 Å². The molecule has 0 radical (unpaired) electrons. The van der Waals surface area contributed by atoms with Crippen LogP contribution in [0.3, 0.4) is 0 Å². The lowest BCUT2D eigenvalue weighted by Crippen LogP contribution is -2.43. The molecule has 0 unspecified atom stereocenters. The van der Waals surface area contributed by atoms with Crippen molar-refractivity contribution in [1.29, 1.82) is 0 Å². The number of nitrogens with one attached hydrogen (secondary N) is 3. The number of H-pyrrole nitrogens is 1. The second-order valence-electron chi connectivity index (χ2n) is 6.31. The van der Waals surface area contributed by atoms with Crippen LogP contribution in [0.4, 0.5) is 5.82 Å². The third-order valence-electron chi connectivity index (χ3n) is 4.01. The Morgan fingerprint density at radius 1 is 1.41 bits per heavy atom. The summed E-state index contributed by atoms with van der Waals surface area (Å²) in [6.07, 6.45) is 10.2. The molecule has 7 nitrogen and oxygen atoms in total. The van der Waals surface area contributed by atoms with Crippen molar-refractivity contribution in [3.8, 4) is 23.7 Å². The molecular weight excluding hydrogens is 364 g/mol. The lowest BCUT2D eigenvalue weighted by atomic mass is 10.0. The zero-order valence-corrected chi connectivity index (χ0v) is 15.7. The van der Waals surface area contributed by atoms with Crippen LogP contribution in [0.2, 0.25) is 5.02 Å². The highest BCUT2D eigenvalue weighted by Gasteiger charge is 2.22. The largest absolute Gasteiger partial charge is 0.358 e. The van der Waals surface area contributed by atoms with Crippen molar-refractivity contribution in [2.75, 3.05) is 11.9 Å². The van der Waals surface area contributed by atoms with E-state index in [-0.39, 0.29) is 18.4 Å². The van der Waals surface area contributed by atoms with E-state index in [2.05, 4.69) is 36.5 Å². The van der Waals surface area contributed by atoms with Crippen LogP contribution < -0.4 is 10.6 Å². The molecule has 3 N–H and O–H groups in total. The Morgan fingerprint density at radius 2 is 2.22 bits per heavy atom. The SMILES string of the molecule is C#CCNC(=O)[C@H](Nc1ccnc(-c2c[nH]c3ncc(Cl)cc23)n1)C(C)C. The molecule has 3 heterocycles. The molecule has 0 saturated heterocycles. The van der Waals surface area contributed by atoms with Gasteiger partial charge in [0.25, 0.3) is 0 Å². The zero-order valence-electron chi connectivity index (χ0n) is 15.0. The molecule has 0 aliphatic rings. The number of carbonyl (C=O) groups is 1. The maximum absolute atomic E-state index is 12.3. The van der Waals surface area contributed by atoms with Gasteiger partial charge in [0.2, 0.25) is 5.91 Å². The number of aromatic nitrogens is 4. The highest BCUT2D eigenvalue weighted by atomic mass is 35.5. The minimum absolute atomic E-state index is 0.0392. The maximum Gasteiger partial charge on any atom is 0.243 e. The number of terminal acetylenes is 1. The Balaban J connectivity index is 1.89. The maximum atomic E-state index is 12.3. The summed E-state index contributed by atoms with van der Waals surface area (Å²) in [5, 5.41) is 7.22. The predicted octanol–water partition coefficient (Wildman–Crippen LogP) is 2.86. The van der Waals surface area contributed by atoms with Crippen LogP contribution in [0.1, 0.15) is 13.8 Å². The van der Waals surface area contributed by atoms with E-state index in [9.17, 15) is 4.79 Å². The standard InChI is InChI=1S/C19H19ClN6O/c1-4-6-22-19(27)16(11(2)3)25-15-5-7-21-18(26-15)14-10-24-17-13(14)8-12(20)9-23-17/h1,5,7-11,16H,6H2,2-3H3,(H,22,27)(H,23,24)(H,21,25,26)/t16-/m1/s1. The summed E-state index contributed by atoms with van der Waals surface area (Å²) in [5.74, 6) is 3.31. The van der Waals surface area contributed by atoms with Gasteiger partial charge >= 0.3 is 0 Å². The molecule has 0 aliphatic heterocycles. The predicted molar refractivity (Wildman–Crippen MR) is 106 cm³/mol. The van der Waals surface area contributed by atoms with Gasteiger partial charge < -0.3 is 15.6 Å². The van der Waals surface area contributed by atoms with Gasteiger partial charge in [-0.15, -0.1) is 6.42 Å². The zero-order chi connectivity index (χ0) is 19.4. The number of amides is 1. The van der Waals surface area contributed by atoms with Gasteiger partial charge in [0.15, 0.2) is 5.82 Å². The van der Waals surface area contributed by atoms with Gasteiger partial charge in [-0.05, 0) is 18.1 Å². The molecule has 0 saturated carbocycles. The highest BCUT2D eigenvalue weighted by Crippen LogP contribution is 2.27. The minimum atomic E-state index is -0.472. The van der Waals surface area contributed by atoms with Crippen molar-refractivity contribution in [2.24, 2.45) is 5.92 Å². The third kappa shape index (κ3) is 4.18. The first-order valence-electron chi connectivity index (χ1n) is 8.43. The molecule has 1 atom stereocenters. The topological polar surface area (TPSA) is 95.6 Å². The van der Waals surface area contributed by atoms with Crippen LogP contribution in [-0.2, 0) is 4.79 Å². The average Bonchev–Trinajstić information content (AvgIpc) is 3.07.